The summed E-state index contributed by atoms with van der Waals surface area (Å²) in [5.41, 5.74) is 2.73. The van der Waals surface area contributed by atoms with Gasteiger partial charge in [0.2, 0.25) is 5.91 Å². The van der Waals surface area contributed by atoms with E-state index >= 15 is 0 Å². The Kier molecular flexibility index (Phi) is 6.80. The van der Waals surface area contributed by atoms with Crippen LogP contribution in [0, 0.1) is 0 Å². The molecule has 0 aliphatic heterocycles. The molecule has 0 aliphatic rings. The van der Waals surface area contributed by atoms with Gasteiger partial charge in [-0.3, -0.25) is 9.59 Å². The minimum absolute atomic E-state index is 0.125. The lowest BCUT2D eigenvalue weighted by Gasteiger charge is -2.13. The topological polar surface area (TPSA) is 85.6 Å². The number of amides is 1. The smallest absolute Gasteiger partial charge is 0.336 e. The van der Waals surface area contributed by atoms with Crippen LogP contribution in [0.3, 0.4) is 0 Å². The van der Waals surface area contributed by atoms with Gasteiger partial charge in [-0.25, -0.2) is 4.79 Å². The average Bonchev–Trinajstić information content (AvgIpc) is 2.82. The lowest BCUT2D eigenvalue weighted by atomic mass is 10.0. The molecule has 4 aromatic rings. The number of hydrogen-bond donors (Lipinski definition) is 1. The largest absolute Gasteiger partial charge is 0.484 e. The number of carbonyl (C=O) groups is 2. The third-order valence-electron chi connectivity index (χ3n) is 5.39. The van der Waals surface area contributed by atoms with Gasteiger partial charge in [0.15, 0.2) is 12.4 Å². The van der Waals surface area contributed by atoms with E-state index < -0.39 is 5.63 Å². The molecule has 1 amide bonds. The number of fused-ring (bicyclic) bond motifs is 1. The van der Waals surface area contributed by atoms with E-state index in [-0.39, 0.29) is 30.1 Å². The predicted octanol–water partition coefficient (Wildman–Crippen LogP) is 5.57. The highest BCUT2D eigenvalue weighted by atomic mass is 35.5. The van der Waals surface area contributed by atoms with Gasteiger partial charge in [0.25, 0.3) is 0 Å². The van der Waals surface area contributed by atoms with E-state index in [1.807, 2.05) is 37.3 Å². The third kappa shape index (κ3) is 5.18. The average molecular weight is 476 g/mol. The predicted molar refractivity (Wildman–Crippen MR) is 131 cm³/mol. The van der Waals surface area contributed by atoms with Gasteiger partial charge in [-0.2, -0.15) is 0 Å². The Balaban J connectivity index is 1.54. The number of carbonyl (C=O) groups excluding carboxylic acids is 2. The van der Waals surface area contributed by atoms with Crippen LogP contribution in [0.4, 0.5) is 0 Å². The van der Waals surface area contributed by atoms with E-state index in [9.17, 15) is 14.4 Å². The van der Waals surface area contributed by atoms with Crippen LogP contribution in [0.5, 0.6) is 5.75 Å². The van der Waals surface area contributed by atoms with E-state index in [0.717, 1.165) is 11.1 Å². The van der Waals surface area contributed by atoms with Crippen LogP contribution in [0.15, 0.2) is 82.0 Å². The maximum atomic E-state index is 12.6. The third-order valence-corrected chi connectivity index (χ3v) is 5.69. The summed E-state index contributed by atoms with van der Waals surface area (Å²) in [6, 6.07) is 20.9. The van der Waals surface area contributed by atoms with Gasteiger partial charge in [-0.1, -0.05) is 66.2 Å². The first-order valence-electron chi connectivity index (χ1n) is 10.7. The van der Waals surface area contributed by atoms with Crippen molar-refractivity contribution in [1.82, 2.24) is 5.32 Å². The van der Waals surface area contributed by atoms with Gasteiger partial charge < -0.3 is 14.5 Å². The normalized spacial score (nSPS) is 11.7. The first-order chi connectivity index (χ1) is 16.3. The van der Waals surface area contributed by atoms with Crippen LogP contribution in [-0.4, -0.2) is 18.3 Å². The van der Waals surface area contributed by atoms with Crippen LogP contribution in [0.25, 0.3) is 22.1 Å². The number of halogens is 1. The van der Waals surface area contributed by atoms with E-state index in [4.69, 9.17) is 20.8 Å². The van der Waals surface area contributed by atoms with Gasteiger partial charge in [0.05, 0.1) is 11.1 Å². The fourth-order valence-corrected chi connectivity index (χ4v) is 3.92. The second-order valence-corrected chi connectivity index (χ2v) is 8.29. The van der Waals surface area contributed by atoms with Crippen molar-refractivity contribution in [2.75, 3.05) is 6.61 Å². The summed E-state index contributed by atoms with van der Waals surface area (Å²) >= 11 is 6.44. The summed E-state index contributed by atoms with van der Waals surface area (Å²) in [6.07, 6.45) is 0. The van der Waals surface area contributed by atoms with Gasteiger partial charge in [-0.15, -0.1) is 0 Å². The van der Waals surface area contributed by atoms with Crippen molar-refractivity contribution in [3.05, 3.63) is 99.4 Å². The fourth-order valence-electron chi connectivity index (χ4n) is 3.70. The molecule has 1 aromatic heterocycles. The molecule has 172 valence electrons. The zero-order valence-electron chi connectivity index (χ0n) is 18.6. The van der Waals surface area contributed by atoms with Crippen molar-refractivity contribution < 1.29 is 18.7 Å². The Labute approximate surface area is 201 Å². The van der Waals surface area contributed by atoms with Crippen LogP contribution < -0.4 is 15.7 Å². The second-order valence-electron chi connectivity index (χ2n) is 7.88. The van der Waals surface area contributed by atoms with Crippen molar-refractivity contribution in [3.8, 4) is 16.9 Å². The number of nitrogens with one attached hydrogen (secondary N) is 1. The highest BCUT2D eigenvalue weighted by molar-refractivity contribution is 6.33. The zero-order valence-corrected chi connectivity index (χ0v) is 19.4. The molecule has 1 heterocycles. The van der Waals surface area contributed by atoms with Crippen LogP contribution in [0.1, 0.15) is 35.8 Å². The Morgan fingerprint density at radius 3 is 2.41 bits per heavy atom. The fraction of sp³-hybridized carbons (Fsp3) is 0.148. The standard InChI is InChI=1S/C27H22ClNO5/c1-16(29-17(2)30)18-8-10-20(11-9-18)24(31)15-33-26-14-25-22(12-23(26)28)21(13-27(32)34-25)19-6-4-3-5-7-19/h3-14,16H,15H2,1-2H3,(H,29,30). The Hall–Kier alpha value is -3.90. The van der Waals surface area contributed by atoms with Crippen molar-refractivity contribution in [2.24, 2.45) is 0 Å². The highest BCUT2D eigenvalue weighted by Crippen LogP contribution is 2.34. The molecule has 0 bridgehead atoms. The maximum Gasteiger partial charge on any atom is 0.336 e. The first-order valence-corrected chi connectivity index (χ1v) is 11.1. The van der Waals surface area contributed by atoms with Crippen LogP contribution >= 0.6 is 11.6 Å². The summed E-state index contributed by atoms with van der Waals surface area (Å²) in [4.78, 5) is 36.0. The summed E-state index contributed by atoms with van der Waals surface area (Å²) in [5, 5.41) is 3.76. The molecule has 0 fully saturated rings. The molecule has 0 saturated heterocycles. The molecule has 1 N–H and O–H groups in total. The van der Waals surface area contributed by atoms with Gasteiger partial charge >= 0.3 is 5.63 Å². The van der Waals surface area contributed by atoms with Crippen molar-refractivity contribution >= 4 is 34.3 Å². The molecule has 1 unspecified atom stereocenters. The van der Waals surface area contributed by atoms with Crippen LogP contribution in [-0.2, 0) is 4.79 Å². The molecule has 0 aliphatic carbocycles. The summed E-state index contributed by atoms with van der Waals surface area (Å²) in [5.74, 6) is -0.124. The molecule has 0 radical (unpaired) electrons. The molecule has 6 nitrogen and oxygen atoms in total. The van der Waals surface area contributed by atoms with E-state index in [0.29, 0.717) is 27.1 Å². The van der Waals surface area contributed by atoms with Gasteiger partial charge in [0, 0.05) is 30.0 Å². The first kappa shape index (κ1) is 23.3. The molecule has 34 heavy (non-hydrogen) atoms. The number of ketones is 1. The lowest BCUT2D eigenvalue weighted by Crippen LogP contribution is -2.23. The number of hydrogen-bond acceptors (Lipinski definition) is 5. The maximum absolute atomic E-state index is 12.6. The van der Waals surface area contributed by atoms with Gasteiger partial charge in [-0.05, 0) is 29.7 Å². The molecule has 3 aromatic carbocycles. The van der Waals surface area contributed by atoms with E-state index in [2.05, 4.69) is 5.32 Å². The zero-order chi connectivity index (χ0) is 24.2. The minimum Gasteiger partial charge on any atom is -0.484 e. The second kappa shape index (κ2) is 9.93. The molecular weight excluding hydrogens is 454 g/mol. The number of rotatable bonds is 7. The Morgan fingerprint density at radius 1 is 1.03 bits per heavy atom. The van der Waals surface area contributed by atoms with Crippen molar-refractivity contribution in [2.45, 2.75) is 19.9 Å². The molecule has 1 atom stereocenters. The monoisotopic (exact) mass is 475 g/mol. The Morgan fingerprint density at radius 2 is 1.74 bits per heavy atom. The van der Waals surface area contributed by atoms with Crippen molar-refractivity contribution in [3.63, 3.8) is 0 Å². The number of ether oxygens (including phenoxy) is 1. The quantitative estimate of drug-likeness (QED) is 0.279. The minimum atomic E-state index is -0.496. The molecule has 0 saturated carbocycles. The molecular formula is C27H22ClNO5. The molecule has 0 spiro atoms. The SMILES string of the molecule is CC(=O)NC(C)c1ccc(C(=O)COc2cc3oc(=O)cc(-c4ccccc4)c3cc2Cl)cc1. The summed E-state index contributed by atoms with van der Waals surface area (Å²) in [6.45, 7) is 3.08. The number of Topliss-reactive ketones (excluding diaryl/α,β-unsaturated/α-hetero) is 1. The highest BCUT2D eigenvalue weighted by Gasteiger charge is 2.15. The van der Waals surface area contributed by atoms with E-state index in [1.54, 1.807) is 30.3 Å². The summed E-state index contributed by atoms with van der Waals surface area (Å²) < 4.78 is 11.0. The Bertz CT molecular complexity index is 1410. The van der Waals surface area contributed by atoms with Crippen LogP contribution in [0.2, 0.25) is 5.02 Å². The number of benzene rings is 3. The lowest BCUT2D eigenvalue weighted by molar-refractivity contribution is -0.119. The van der Waals surface area contributed by atoms with Crippen molar-refractivity contribution in [1.29, 1.82) is 0 Å². The molecule has 4 rings (SSSR count). The molecule has 7 heteroatoms. The van der Waals surface area contributed by atoms with Gasteiger partial charge in [0.1, 0.15) is 11.3 Å². The summed E-state index contributed by atoms with van der Waals surface area (Å²) in [7, 11) is 0. The van der Waals surface area contributed by atoms with E-state index in [1.165, 1.54) is 19.1 Å².